The van der Waals surface area contributed by atoms with Gasteiger partial charge in [-0.1, -0.05) is 12.1 Å². The average Bonchev–Trinajstić information content (AvgIpc) is 3.24. The molecule has 0 spiro atoms. The van der Waals surface area contributed by atoms with E-state index < -0.39 is 29.4 Å². The maximum absolute atomic E-state index is 13.2. The van der Waals surface area contributed by atoms with Gasteiger partial charge in [-0.05, 0) is 19.1 Å². The van der Waals surface area contributed by atoms with Gasteiger partial charge in [-0.25, -0.2) is 13.5 Å². The van der Waals surface area contributed by atoms with Crippen LogP contribution in [0, 0.1) is 10.1 Å². The molecule has 12 heteroatoms. The van der Waals surface area contributed by atoms with E-state index in [2.05, 4.69) is 10.2 Å². The van der Waals surface area contributed by atoms with Crippen LogP contribution in [0.4, 0.5) is 14.5 Å². The Morgan fingerprint density at radius 3 is 2.82 bits per heavy atom. The van der Waals surface area contributed by atoms with Crippen LogP contribution >= 0.6 is 0 Å². The minimum Gasteiger partial charge on any atom is -0.464 e. The number of carbonyl (C=O) groups excluding carboxylic acids is 1. The number of alkyl halides is 2. The smallest absolute Gasteiger partial charge is 0.311 e. The summed E-state index contributed by atoms with van der Waals surface area (Å²) in [5, 5.41) is 29.0. The number of carbonyl (C=O) groups is 1. The molecular formula is C16H15F2N5O5. The summed E-state index contributed by atoms with van der Waals surface area (Å²) in [6.07, 6.45) is -2.37. The van der Waals surface area contributed by atoms with Gasteiger partial charge in [-0.3, -0.25) is 14.9 Å². The van der Waals surface area contributed by atoms with Crippen LogP contribution in [0.3, 0.4) is 0 Å². The van der Waals surface area contributed by atoms with E-state index in [4.69, 9.17) is 4.74 Å². The van der Waals surface area contributed by atoms with Crippen LogP contribution in [0.1, 0.15) is 23.8 Å². The van der Waals surface area contributed by atoms with Gasteiger partial charge in [0.25, 0.3) is 12.3 Å². The van der Waals surface area contributed by atoms with E-state index >= 15 is 0 Å². The van der Waals surface area contributed by atoms with Gasteiger partial charge in [0, 0.05) is 24.4 Å². The van der Waals surface area contributed by atoms with Crippen molar-refractivity contribution in [1.82, 2.24) is 14.8 Å². The van der Waals surface area contributed by atoms with Crippen molar-refractivity contribution < 1.29 is 28.3 Å². The third-order valence-corrected chi connectivity index (χ3v) is 3.97. The molecular weight excluding hydrogens is 380 g/mol. The van der Waals surface area contributed by atoms with Gasteiger partial charge in [-0.2, -0.15) is 15.2 Å². The molecule has 2 heterocycles. The lowest BCUT2D eigenvalue weighted by Crippen LogP contribution is -2.51. The molecule has 0 radical (unpaired) electrons. The number of benzene rings is 1. The van der Waals surface area contributed by atoms with Crippen LogP contribution in [-0.2, 0) is 6.73 Å². The van der Waals surface area contributed by atoms with Crippen molar-refractivity contribution in [3.8, 4) is 5.75 Å². The van der Waals surface area contributed by atoms with Gasteiger partial charge in [0.05, 0.1) is 4.92 Å². The lowest BCUT2D eigenvalue weighted by atomic mass is 10.1. The van der Waals surface area contributed by atoms with Crippen LogP contribution in [0.25, 0.3) is 0 Å². The van der Waals surface area contributed by atoms with Crippen LogP contribution in [0.2, 0.25) is 0 Å². The quantitative estimate of drug-likeness (QED) is 0.589. The molecule has 1 aliphatic rings. The number of amides is 1. The van der Waals surface area contributed by atoms with Gasteiger partial charge in [0.1, 0.15) is 0 Å². The summed E-state index contributed by atoms with van der Waals surface area (Å²) in [7, 11) is 0. The highest BCUT2D eigenvalue weighted by atomic mass is 19.3. The van der Waals surface area contributed by atoms with Crippen LogP contribution in [0.5, 0.6) is 5.75 Å². The molecule has 1 atom stereocenters. The van der Waals surface area contributed by atoms with Gasteiger partial charge in [0.15, 0.2) is 18.2 Å². The maximum atomic E-state index is 13.2. The predicted molar refractivity (Wildman–Crippen MR) is 90.8 cm³/mol. The number of halogens is 2. The van der Waals surface area contributed by atoms with Gasteiger partial charge in [-0.15, -0.1) is 0 Å². The number of nitro benzene ring substituents is 1. The zero-order chi connectivity index (χ0) is 20.5. The summed E-state index contributed by atoms with van der Waals surface area (Å²) in [5.41, 5.74) is -3.04. The van der Waals surface area contributed by atoms with Crippen molar-refractivity contribution in [2.45, 2.75) is 32.2 Å². The van der Waals surface area contributed by atoms with E-state index in [-0.39, 0.29) is 29.6 Å². The normalized spacial score (nSPS) is 19.0. The van der Waals surface area contributed by atoms with E-state index in [1.54, 1.807) is 6.07 Å². The highest BCUT2D eigenvalue weighted by Gasteiger charge is 2.51. The highest BCUT2D eigenvalue weighted by molar-refractivity contribution is 5.96. The zero-order valence-corrected chi connectivity index (χ0v) is 14.5. The number of hydrogen-bond acceptors (Lipinski definition) is 7. The Morgan fingerprint density at radius 2 is 2.14 bits per heavy atom. The van der Waals surface area contributed by atoms with E-state index in [1.807, 2.05) is 0 Å². The number of nitro groups is 1. The molecule has 0 bridgehead atoms. The molecule has 1 aromatic heterocycles. The van der Waals surface area contributed by atoms with Crippen molar-refractivity contribution in [2.24, 2.45) is 5.10 Å². The Bertz CT molecular complexity index is 947. The van der Waals surface area contributed by atoms with Crippen LogP contribution in [-0.4, -0.2) is 48.6 Å². The second kappa shape index (κ2) is 7.31. The van der Waals surface area contributed by atoms with Gasteiger partial charge in [0.2, 0.25) is 5.72 Å². The molecule has 0 saturated heterocycles. The molecule has 28 heavy (non-hydrogen) atoms. The number of rotatable bonds is 6. The molecule has 1 aliphatic heterocycles. The number of ether oxygens (including phenoxy) is 1. The Kier molecular flexibility index (Phi) is 5.05. The number of aliphatic hydroxyl groups is 1. The minimum absolute atomic E-state index is 0.00252. The highest BCUT2D eigenvalue weighted by Crippen LogP contribution is 2.32. The molecule has 10 nitrogen and oxygen atoms in total. The molecule has 1 N–H and O–H groups in total. The number of aromatic nitrogens is 2. The Labute approximate surface area is 156 Å². The lowest BCUT2D eigenvalue weighted by molar-refractivity contribution is -0.386. The van der Waals surface area contributed by atoms with E-state index in [1.165, 1.54) is 37.4 Å². The Hall–Kier alpha value is -3.41. The van der Waals surface area contributed by atoms with Crippen LogP contribution < -0.4 is 4.74 Å². The second-order valence-electron chi connectivity index (χ2n) is 6.05. The third-order valence-electron chi connectivity index (χ3n) is 3.97. The van der Waals surface area contributed by atoms with Crippen LogP contribution in [0.15, 0.2) is 41.6 Å². The predicted octanol–water partition coefficient (Wildman–Crippen LogP) is 2.00. The molecule has 1 aromatic carbocycles. The maximum Gasteiger partial charge on any atom is 0.311 e. The molecule has 148 valence electrons. The number of nitrogens with zero attached hydrogens (tertiary/aromatic N) is 5. The molecule has 0 unspecified atom stereocenters. The molecule has 0 saturated carbocycles. The lowest BCUT2D eigenvalue weighted by Gasteiger charge is -2.29. The number of hydrogen-bond donors (Lipinski definition) is 1. The third kappa shape index (κ3) is 3.53. The summed E-state index contributed by atoms with van der Waals surface area (Å²) in [6.45, 7) is 1.15. The van der Waals surface area contributed by atoms with E-state index in [0.717, 1.165) is 4.68 Å². The SMILES string of the molecule is CC1=NN(C(=O)c2ccn(COc3ccccc3[N+](=O)[O-])n2)[C@@](O)(C(F)F)C1. The van der Waals surface area contributed by atoms with E-state index in [9.17, 15) is 28.8 Å². The molecule has 0 aliphatic carbocycles. The fraction of sp³-hybridized carbons (Fsp3) is 0.312. The second-order valence-corrected chi connectivity index (χ2v) is 6.05. The molecule has 1 amide bonds. The van der Waals surface area contributed by atoms with Crippen molar-refractivity contribution in [2.75, 3.05) is 0 Å². The first-order valence-electron chi connectivity index (χ1n) is 8.01. The Balaban J connectivity index is 1.74. The first-order chi connectivity index (χ1) is 13.2. The zero-order valence-electron chi connectivity index (χ0n) is 14.5. The molecule has 0 fully saturated rings. The largest absolute Gasteiger partial charge is 0.464 e. The summed E-state index contributed by atoms with van der Waals surface area (Å²) in [6, 6.07) is 6.95. The summed E-state index contributed by atoms with van der Waals surface area (Å²) in [5.74, 6) is -1.01. The Morgan fingerprint density at radius 1 is 1.43 bits per heavy atom. The summed E-state index contributed by atoms with van der Waals surface area (Å²) in [4.78, 5) is 22.8. The average molecular weight is 395 g/mol. The van der Waals surface area contributed by atoms with Crippen molar-refractivity contribution in [3.05, 3.63) is 52.3 Å². The fourth-order valence-electron chi connectivity index (χ4n) is 2.66. The van der Waals surface area contributed by atoms with Gasteiger partial charge >= 0.3 is 5.69 Å². The minimum atomic E-state index is -3.22. The molecule has 2 aromatic rings. The fourth-order valence-corrected chi connectivity index (χ4v) is 2.66. The summed E-state index contributed by atoms with van der Waals surface area (Å²) >= 11 is 0. The van der Waals surface area contributed by atoms with Crippen molar-refractivity contribution in [3.63, 3.8) is 0 Å². The summed E-state index contributed by atoms with van der Waals surface area (Å²) < 4.78 is 32.9. The first-order valence-corrected chi connectivity index (χ1v) is 8.01. The topological polar surface area (TPSA) is 123 Å². The molecule has 3 rings (SSSR count). The number of para-hydroxylation sites is 2. The van der Waals surface area contributed by atoms with Crippen molar-refractivity contribution in [1.29, 1.82) is 0 Å². The number of hydrazone groups is 1. The first kappa shape index (κ1) is 19.4. The van der Waals surface area contributed by atoms with Crippen molar-refractivity contribution >= 4 is 17.3 Å². The van der Waals surface area contributed by atoms with E-state index in [0.29, 0.717) is 5.01 Å². The monoisotopic (exact) mass is 395 g/mol. The van der Waals surface area contributed by atoms with Gasteiger partial charge < -0.3 is 9.84 Å². The standard InChI is InChI=1S/C16H15F2N5O5/c1-10-8-16(25,15(17)18)22(19-10)14(24)11-6-7-21(20-11)9-28-13-5-3-2-4-12(13)23(26)27/h2-7,15,25H,8-9H2,1H3/t16-/m0/s1.